The largest absolute Gasteiger partial charge is 0.391 e. The molecule has 2 saturated heterocycles. The van der Waals surface area contributed by atoms with Gasteiger partial charge < -0.3 is 14.9 Å². The first-order valence-corrected chi connectivity index (χ1v) is 12.7. The first-order valence-electron chi connectivity index (χ1n) is 11.7. The van der Waals surface area contributed by atoms with E-state index < -0.39 is 11.5 Å². The number of piperidine rings is 2. The molecule has 0 aromatic heterocycles. The van der Waals surface area contributed by atoms with Gasteiger partial charge in [0, 0.05) is 30.8 Å². The van der Waals surface area contributed by atoms with Crippen molar-refractivity contribution in [2.75, 3.05) is 43.9 Å². The molecule has 3 aliphatic heterocycles. The molecule has 1 spiro atoms. The van der Waals surface area contributed by atoms with Crippen LogP contribution in [0.2, 0.25) is 0 Å². The average molecular weight is 466 g/mol. The van der Waals surface area contributed by atoms with Crippen LogP contribution in [0, 0.1) is 5.41 Å². The molecular weight excluding hydrogens is 434 g/mol. The van der Waals surface area contributed by atoms with E-state index in [4.69, 9.17) is 0 Å². The van der Waals surface area contributed by atoms with Gasteiger partial charge >= 0.3 is 0 Å². The topological polar surface area (TPSA) is 64.1 Å². The fourth-order valence-electron chi connectivity index (χ4n) is 5.86. The van der Waals surface area contributed by atoms with Gasteiger partial charge in [-0.25, -0.2) is 0 Å². The van der Waals surface area contributed by atoms with Crippen LogP contribution in [0.1, 0.15) is 30.9 Å². The Hall–Kier alpha value is -2.35. The number of benzene rings is 2. The number of hydrogen-bond donors (Lipinski definition) is 1. The highest BCUT2D eigenvalue weighted by Crippen LogP contribution is 2.45. The van der Waals surface area contributed by atoms with Gasteiger partial charge in [-0.15, -0.1) is 11.8 Å². The molecule has 5 rings (SSSR count). The molecule has 7 heteroatoms. The second-order valence-electron chi connectivity index (χ2n) is 9.50. The summed E-state index contributed by atoms with van der Waals surface area (Å²) >= 11 is 1.79. The monoisotopic (exact) mass is 465 g/mol. The summed E-state index contributed by atoms with van der Waals surface area (Å²) in [7, 11) is 1.80. The van der Waals surface area contributed by atoms with Gasteiger partial charge in [0.15, 0.2) is 0 Å². The summed E-state index contributed by atoms with van der Waals surface area (Å²) in [5.74, 6) is 1.06. The number of hydrogen-bond acceptors (Lipinski definition) is 5. The molecule has 1 N–H and O–H groups in total. The van der Waals surface area contributed by atoms with Crippen LogP contribution in [-0.2, 0) is 9.59 Å². The number of carbonyl (C=O) groups is 2. The quantitative estimate of drug-likeness (QED) is 0.754. The average Bonchev–Trinajstić information content (AvgIpc) is 2.83. The number of rotatable bonds is 3. The summed E-state index contributed by atoms with van der Waals surface area (Å²) in [4.78, 5) is 33.8. The first-order chi connectivity index (χ1) is 16.0. The summed E-state index contributed by atoms with van der Waals surface area (Å²) in [6.45, 7) is 2.33. The van der Waals surface area contributed by atoms with Crippen LogP contribution in [0.3, 0.4) is 0 Å². The molecule has 2 fully saturated rings. The van der Waals surface area contributed by atoms with Gasteiger partial charge in [-0.3, -0.25) is 14.5 Å². The number of anilines is 1. The number of thioether (sulfide) groups is 1. The minimum absolute atomic E-state index is 0.0820. The van der Waals surface area contributed by atoms with E-state index in [0.717, 1.165) is 41.3 Å². The summed E-state index contributed by atoms with van der Waals surface area (Å²) in [6.07, 6.45) is 1.41. The number of aliphatic hydroxyl groups excluding tert-OH is 1. The molecule has 0 radical (unpaired) electrons. The highest BCUT2D eigenvalue weighted by Gasteiger charge is 2.52. The summed E-state index contributed by atoms with van der Waals surface area (Å²) < 4.78 is 0. The molecule has 0 unspecified atom stereocenters. The number of carbonyl (C=O) groups excluding carboxylic acids is 2. The maximum atomic E-state index is 13.6. The van der Waals surface area contributed by atoms with Crippen LogP contribution in [0.4, 0.5) is 5.69 Å². The summed E-state index contributed by atoms with van der Waals surface area (Å²) in [5.41, 5.74) is 1.31. The minimum Gasteiger partial charge on any atom is -0.391 e. The Kier molecular flexibility index (Phi) is 6.20. The van der Waals surface area contributed by atoms with Gasteiger partial charge in [0.05, 0.1) is 29.8 Å². The van der Waals surface area contributed by atoms with E-state index >= 15 is 0 Å². The van der Waals surface area contributed by atoms with Gasteiger partial charge in [0.25, 0.3) is 0 Å². The van der Waals surface area contributed by atoms with E-state index in [1.807, 2.05) is 53.4 Å². The van der Waals surface area contributed by atoms with Crippen LogP contribution >= 0.6 is 11.8 Å². The van der Waals surface area contributed by atoms with Crippen molar-refractivity contribution in [2.24, 2.45) is 5.41 Å². The predicted molar refractivity (Wildman–Crippen MR) is 130 cm³/mol. The third-order valence-corrected chi connectivity index (χ3v) is 8.38. The van der Waals surface area contributed by atoms with Crippen molar-refractivity contribution in [2.45, 2.75) is 36.3 Å². The Morgan fingerprint density at radius 3 is 2.70 bits per heavy atom. The molecule has 3 atom stereocenters. The second-order valence-corrected chi connectivity index (χ2v) is 10.6. The molecule has 174 valence electrons. The van der Waals surface area contributed by atoms with Crippen molar-refractivity contribution in [3.63, 3.8) is 0 Å². The summed E-state index contributed by atoms with van der Waals surface area (Å²) in [6, 6.07) is 17.5. The lowest BCUT2D eigenvalue weighted by atomic mass is 9.69. The summed E-state index contributed by atoms with van der Waals surface area (Å²) in [5, 5.41) is 11.1. The minimum atomic E-state index is -0.631. The number of likely N-dealkylation sites (tertiary alicyclic amines) is 2. The molecule has 0 aliphatic carbocycles. The van der Waals surface area contributed by atoms with Crippen molar-refractivity contribution in [3.05, 3.63) is 60.2 Å². The lowest BCUT2D eigenvalue weighted by molar-refractivity contribution is -0.162. The molecule has 0 bridgehead atoms. The molecular formula is C26H31N3O3S. The molecule has 2 amide bonds. The highest BCUT2D eigenvalue weighted by molar-refractivity contribution is 7.99. The maximum Gasteiger partial charge on any atom is 0.241 e. The number of nitrogens with zero attached hydrogens (tertiary/aromatic N) is 3. The molecule has 3 aliphatic rings. The lowest BCUT2D eigenvalue weighted by Gasteiger charge is -2.51. The van der Waals surface area contributed by atoms with E-state index in [9.17, 15) is 14.7 Å². The normalized spacial score (nSPS) is 28.1. The molecule has 2 aromatic rings. The van der Waals surface area contributed by atoms with Crippen molar-refractivity contribution < 1.29 is 14.7 Å². The highest BCUT2D eigenvalue weighted by atomic mass is 32.2. The number of aliphatic hydroxyl groups is 1. The van der Waals surface area contributed by atoms with E-state index in [1.54, 1.807) is 23.7 Å². The number of likely N-dealkylation sites (N-methyl/N-ethyl adjacent to an activating group) is 1. The van der Waals surface area contributed by atoms with Gasteiger partial charge in [0.2, 0.25) is 11.8 Å². The Morgan fingerprint density at radius 2 is 1.88 bits per heavy atom. The number of para-hydroxylation sites is 1. The van der Waals surface area contributed by atoms with Gasteiger partial charge in [-0.1, -0.05) is 42.5 Å². The molecule has 0 saturated carbocycles. The van der Waals surface area contributed by atoms with Crippen molar-refractivity contribution in [3.8, 4) is 0 Å². The van der Waals surface area contributed by atoms with Crippen molar-refractivity contribution in [1.82, 2.24) is 9.80 Å². The van der Waals surface area contributed by atoms with Crippen LogP contribution in [-0.4, -0.2) is 71.8 Å². The fourth-order valence-corrected chi connectivity index (χ4v) is 6.86. The zero-order chi connectivity index (χ0) is 23.0. The Labute approximate surface area is 199 Å². The van der Waals surface area contributed by atoms with Crippen LogP contribution in [0.25, 0.3) is 0 Å². The van der Waals surface area contributed by atoms with Crippen LogP contribution in [0.15, 0.2) is 59.5 Å². The molecule has 2 aromatic carbocycles. The maximum absolute atomic E-state index is 13.6. The third kappa shape index (κ3) is 4.18. The van der Waals surface area contributed by atoms with Crippen LogP contribution < -0.4 is 4.90 Å². The third-order valence-electron chi connectivity index (χ3n) is 7.34. The molecule has 6 nitrogen and oxygen atoms in total. The first kappa shape index (κ1) is 22.4. The lowest BCUT2D eigenvalue weighted by Crippen LogP contribution is -2.60. The predicted octanol–water partition coefficient (Wildman–Crippen LogP) is 3.17. The van der Waals surface area contributed by atoms with Gasteiger partial charge in [0.1, 0.15) is 0 Å². The van der Waals surface area contributed by atoms with E-state index in [-0.39, 0.29) is 17.9 Å². The standard InChI is InChI=1S/C26H31N3O3S/c1-27-24(19-8-3-2-4-9-19)21(30)16-26(25(27)32)12-7-13-28(18-26)17-23(31)29-14-15-33-22-11-6-5-10-20(22)29/h2-6,8-11,21,24,30H,7,12-18H2,1H3/t21-,24+,26-/m1/s1. The van der Waals surface area contributed by atoms with E-state index in [2.05, 4.69) is 11.0 Å². The van der Waals surface area contributed by atoms with Gasteiger partial charge in [-0.05, 0) is 43.5 Å². The zero-order valence-electron chi connectivity index (χ0n) is 19.0. The Balaban J connectivity index is 1.31. The smallest absolute Gasteiger partial charge is 0.241 e. The van der Waals surface area contributed by atoms with E-state index in [0.29, 0.717) is 26.1 Å². The SMILES string of the molecule is CN1C(=O)[C@]2(CCCN(CC(=O)N3CCSc4ccccc43)C2)C[C@@H](O)[C@@H]1c1ccccc1. The number of amides is 2. The number of fused-ring (bicyclic) bond motifs is 1. The Morgan fingerprint density at radius 1 is 1.12 bits per heavy atom. The van der Waals surface area contributed by atoms with Crippen molar-refractivity contribution in [1.29, 1.82) is 0 Å². The Bertz CT molecular complexity index is 1030. The molecule has 33 heavy (non-hydrogen) atoms. The van der Waals surface area contributed by atoms with E-state index in [1.165, 1.54) is 0 Å². The van der Waals surface area contributed by atoms with Crippen LogP contribution in [0.5, 0.6) is 0 Å². The fraction of sp³-hybridized carbons (Fsp3) is 0.462. The van der Waals surface area contributed by atoms with Crippen molar-refractivity contribution >= 4 is 29.3 Å². The molecule has 3 heterocycles. The van der Waals surface area contributed by atoms with Gasteiger partial charge in [-0.2, -0.15) is 0 Å². The second kappa shape index (κ2) is 9.12. The zero-order valence-corrected chi connectivity index (χ0v) is 19.8.